The molecule has 0 fully saturated rings. The van der Waals surface area contributed by atoms with Gasteiger partial charge in [-0.15, -0.1) is 0 Å². The number of para-hydroxylation sites is 1. The van der Waals surface area contributed by atoms with Crippen LogP contribution in [0.3, 0.4) is 0 Å². The van der Waals surface area contributed by atoms with Gasteiger partial charge in [-0.05, 0) is 72.2 Å². The maximum Gasteiger partial charge on any atom is 0.412 e. The van der Waals surface area contributed by atoms with Crippen LogP contribution in [-0.4, -0.2) is 28.6 Å². The highest BCUT2D eigenvalue weighted by molar-refractivity contribution is 6.00. The van der Waals surface area contributed by atoms with E-state index in [1.807, 2.05) is 37.3 Å². The fraction of sp³-hybridized carbons (Fsp3) is 0.379. The van der Waals surface area contributed by atoms with Crippen molar-refractivity contribution in [1.82, 2.24) is 4.98 Å². The minimum Gasteiger partial charge on any atom is -0.456 e. The maximum atomic E-state index is 13.2. The molecule has 1 unspecified atom stereocenters. The van der Waals surface area contributed by atoms with Crippen LogP contribution < -0.4 is 10.6 Å². The lowest BCUT2D eigenvalue weighted by Gasteiger charge is -2.26. The van der Waals surface area contributed by atoms with E-state index in [-0.39, 0.29) is 12.3 Å². The van der Waals surface area contributed by atoms with E-state index in [9.17, 15) is 14.4 Å². The molecule has 3 aromatic rings. The van der Waals surface area contributed by atoms with Gasteiger partial charge in [-0.25, -0.2) is 4.79 Å². The molecule has 0 bridgehead atoms. The molecule has 0 aliphatic heterocycles. The fourth-order valence-electron chi connectivity index (χ4n) is 3.57. The molecule has 0 aliphatic rings. The van der Waals surface area contributed by atoms with Crippen molar-refractivity contribution in [2.75, 3.05) is 10.6 Å². The van der Waals surface area contributed by atoms with E-state index >= 15 is 0 Å². The van der Waals surface area contributed by atoms with Crippen molar-refractivity contribution in [3.8, 4) is 0 Å². The van der Waals surface area contributed by atoms with Gasteiger partial charge in [0, 0.05) is 17.1 Å². The molecule has 1 aromatic heterocycles. The summed E-state index contributed by atoms with van der Waals surface area (Å²) in [4.78, 5) is 43.0. The Labute approximate surface area is 217 Å². The van der Waals surface area contributed by atoms with Crippen LogP contribution in [0.4, 0.5) is 16.2 Å². The van der Waals surface area contributed by atoms with Gasteiger partial charge >= 0.3 is 12.1 Å². The number of ether oxygens (including phenoxy) is 2. The second-order valence-electron chi connectivity index (χ2n) is 11.0. The number of pyridine rings is 1. The highest BCUT2D eigenvalue weighted by Gasteiger charge is 2.30. The lowest BCUT2D eigenvalue weighted by Crippen LogP contribution is -2.29. The van der Waals surface area contributed by atoms with Crippen LogP contribution in [0, 0.1) is 12.3 Å². The zero-order chi connectivity index (χ0) is 27.4. The largest absolute Gasteiger partial charge is 0.456 e. The van der Waals surface area contributed by atoms with E-state index in [2.05, 4.69) is 15.6 Å². The summed E-state index contributed by atoms with van der Waals surface area (Å²) in [5.41, 5.74) is 1.49. The zero-order valence-corrected chi connectivity index (χ0v) is 22.5. The topological polar surface area (TPSA) is 107 Å². The van der Waals surface area contributed by atoms with Gasteiger partial charge in [0.2, 0.25) is 5.91 Å². The number of esters is 1. The highest BCUT2D eigenvalue weighted by Crippen LogP contribution is 2.33. The summed E-state index contributed by atoms with van der Waals surface area (Å²) in [6.45, 7) is 12.4. The van der Waals surface area contributed by atoms with Crippen LogP contribution in [0.5, 0.6) is 0 Å². The van der Waals surface area contributed by atoms with Gasteiger partial charge in [-0.3, -0.25) is 19.9 Å². The van der Waals surface area contributed by atoms with E-state index in [0.29, 0.717) is 22.5 Å². The number of hydrogen-bond acceptors (Lipinski definition) is 6. The summed E-state index contributed by atoms with van der Waals surface area (Å²) in [5, 5.41) is 6.54. The van der Waals surface area contributed by atoms with E-state index in [4.69, 9.17) is 9.47 Å². The first-order valence-corrected chi connectivity index (χ1v) is 12.2. The molecule has 1 atom stereocenters. The molecule has 3 rings (SSSR count). The minimum atomic E-state index is -0.958. The maximum absolute atomic E-state index is 13.2. The lowest BCUT2D eigenvalue weighted by atomic mass is 9.96. The van der Waals surface area contributed by atoms with E-state index in [1.54, 1.807) is 65.9 Å². The molecule has 0 saturated carbocycles. The Morgan fingerprint density at radius 3 is 2.30 bits per heavy atom. The van der Waals surface area contributed by atoms with Crippen molar-refractivity contribution in [3.05, 3.63) is 65.9 Å². The predicted molar refractivity (Wildman–Crippen MR) is 144 cm³/mol. The van der Waals surface area contributed by atoms with Crippen LogP contribution >= 0.6 is 0 Å². The molecule has 37 heavy (non-hydrogen) atoms. The van der Waals surface area contributed by atoms with Crippen molar-refractivity contribution >= 4 is 40.2 Å². The average molecular weight is 506 g/mol. The van der Waals surface area contributed by atoms with Crippen LogP contribution in [0.2, 0.25) is 0 Å². The number of amides is 2. The fourth-order valence-corrected chi connectivity index (χ4v) is 3.57. The van der Waals surface area contributed by atoms with Gasteiger partial charge < -0.3 is 14.8 Å². The number of nitrogens with zero attached hydrogens (tertiary/aromatic N) is 1. The van der Waals surface area contributed by atoms with Crippen molar-refractivity contribution in [2.24, 2.45) is 5.41 Å². The Morgan fingerprint density at radius 1 is 0.919 bits per heavy atom. The third-order valence-corrected chi connectivity index (χ3v) is 5.33. The average Bonchev–Trinajstić information content (AvgIpc) is 2.77. The number of rotatable bonds is 6. The van der Waals surface area contributed by atoms with E-state index in [0.717, 1.165) is 10.9 Å². The molecule has 8 heteroatoms. The molecule has 2 amide bonds. The Bertz CT molecular complexity index is 1300. The molecular weight excluding hydrogens is 470 g/mol. The predicted octanol–water partition coefficient (Wildman–Crippen LogP) is 6.55. The first kappa shape index (κ1) is 27.6. The number of hydrogen-bond donors (Lipinski definition) is 2. The van der Waals surface area contributed by atoms with Crippen molar-refractivity contribution in [1.29, 1.82) is 0 Å². The third-order valence-electron chi connectivity index (χ3n) is 5.33. The minimum absolute atomic E-state index is 0.170. The quantitative estimate of drug-likeness (QED) is 0.368. The standard InChI is InChI=1S/C29H35N3O5/c1-18-13-14-20(22(16-18)32-27(35)37-29(5,6)7)23(36-26(34)28(2,3)4)17-24(33)31-21-12-8-10-19-11-9-15-30-25(19)21/h8-16,23H,17H2,1-7H3,(H,31,33)(H,32,35). The molecule has 0 saturated heterocycles. The first-order valence-electron chi connectivity index (χ1n) is 12.2. The Balaban J connectivity index is 1.93. The van der Waals surface area contributed by atoms with Crippen LogP contribution in [0.15, 0.2) is 54.7 Å². The summed E-state index contributed by atoms with van der Waals surface area (Å²) in [6.07, 6.45) is -0.115. The molecule has 0 aliphatic carbocycles. The Kier molecular flexibility index (Phi) is 8.21. The zero-order valence-electron chi connectivity index (χ0n) is 22.5. The normalized spacial score (nSPS) is 12.5. The van der Waals surface area contributed by atoms with Gasteiger partial charge in [0.25, 0.3) is 0 Å². The molecular formula is C29H35N3O5. The van der Waals surface area contributed by atoms with Gasteiger partial charge in [-0.1, -0.05) is 30.3 Å². The molecule has 196 valence electrons. The number of anilines is 2. The SMILES string of the molecule is Cc1ccc(C(CC(=O)Nc2cccc3cccnc23)OC(=O)C(C)(C)C)c(NC(=O)OC(C)(C)C)c1. The Morgan fingerprint density at radius 2 is 1.62 bits per heavy atom. The molecule has 2 aromatic carbocycles. The third kappa shape index (κ3) is 7.77. The summed E-state index contributed by atoms with van der Waals surface area (Å²) < 4.78 is 11.3. The molecule has 0 radical (unpaired) electrons. The van der Waals surface area contributed by atoms with Gasteiger partial charge in [0.05, 0.1) is 28.7 Å². The smallest absolute Gasteiger partial charge is 0.412 e. The molecule has 1 heterocycles. The summed E-state index contributed by atoms with van der Waals surface area (Å²) >= 11 is 0. The first-order chi connectivity index (χ1) is 17.2. The monoisotopic (exact) mass is 505 g/mol. The van der Waals surface area contributed by atoms with E-state index in [1.165, 1.54) is 0 Å². The number of benzene rings is 2. The van der Waals surface area contributed by atoms with Gasteiger partial charge in [0.1, 0.15) is 11.7 Å². The molecule has 0 spiro atoms. The number of aromatic nitrogens is 1. The second-order valence-corrected chi connectivity index (χ2v) is 11.0. The number of carbonyl (C=O) groups excluding carboxylic acids is 3. The van der Waals surface area contributed by atoms with Crippen molar-refractivity contribution in [3.63, 3.8) is 0 Å². The van der Waals surface area contributed by atoms with Gasteiger partial charge in [-0.2, -0.15) is 0 Å². The van der Waals surface area contributed by atoms with Gasteiger partial charge in [0.15, 0.2) is 0 Å². The summed E-state index contributed by atoms with van der Waals surface area (Å²) in [7, 11) is 0. The second kappa shape index (κ2) is 11.0. The number of nitrogens with one attached hydrogen (secondary N) is 2. The van der Waals surface area contributed by atoms with Crippen molar-refractivity contribution in [2.45, 2.75) is 66.6 Å². The van der Waals surface area contributed by atoms with E-state index < -0.39 is 29.2 Å². The summed E-state index contributed by atoms with van der Waals surface area (Å²) in [6, 6.07) is 14.6. The highest BCUT2D eigenvalue weighted by atomic mass is 16.6. The number of carbonyl (C=O) groups is 3. The van der Waals surface area contributed by atoms with Crippen LogP contribution in [0.1, 0.15) is 65.2 Å². The lowest BCUT2D eigenvalue weighted by molar-refractivity contribution is -0.159. The summed E-state index contributed by atoms with van der Waals surface area (Å²) in [5.74, 6) is -0.838. The number of fused-ring (bicyclic) bond motifs is 1. The van der Waals surface area contributed by atoms with Crippen LogP contribution in [0.25, 0.3) is 10.9 Å². The Hall–Kier alpha value is -3.94. The van der Waals surface area contributed by atoms with Crippen molar-refractivity contribution < 1.29 is 23.9 Å². The van der Waals surface area contributed by atoms with Crippen LogP contribution in [-0.2, 0) is 19.1 Å². The number of aryl methyl sites for hydroxylation is 1. The molecule has 2 N–H and O–H groups in total. The molecule has 8 nitrogen and oxygen atoms in total.